The fraction of sp³-hybridized carbons (Fsp3) is 0.444. The average Bonchev–Trinajstić information content (AvgIpc) is 3.15. The molecule has 0 radical (unpaired) electrons. The third kappa shape index (κ3) is 4.93. The van der Waals surface area contributed by atoms with E-state index >= 15 is 0 Å². The fourth-order valence-corrected chi connectivity index (χ4v) is 2.70. The predicted molar refractivity (Wildman–Crippen MR) is 107 cm³/mol. The van der Waals surface area contributed by atoms with Gasteiger partial charge in [-0.2, -0.15) is 0 Å². The van der Waals surface area contributed by atoms with E-state index in [1.807, 2.05) is 18.2 Å². The van der Waals surface area contributed by atoms with Crippen molar-refractivity contribution in [1.29, 1.82) is 0 Å². The minimum atomic E-state index is -0.141. The second-order valence-corrected chi connectivity index (χ2v) is 6.41. The second kappa shape index (κ2) is 8.64. The molecular weight excluding hydrogens is 434 g/mol. The Morgan fingerprint density at radius 3 is 2.80 bits per heavy atom. The molecule has 1 aromatic carbocycles. The van der Waals surface area contributed by atoms with E-state index in [9.17, 15) is 4.39 Å². The molecule has 1 saturated carbocycles. The number of benzene rings is 1. The molecule has 2 aromatic rings. The van der Waals surface area contributed by atoms with Crippen molar-refractivity contribution in [1.82, 2.24) is 15.8 Å². The van der Waals surface area contributed by atoms with Gasteiger partial charge in [-0.25, -0.2) is 4.39 Å². The van der Waals surface area contributed by atoms with E-state index in [0.717, 1.165) is 23.4 Å². The number of guanidine groups is 1. The van der Waals surface area contributed by atoms with Crippen molar-refractivity contribution in [2.75, 3.05) is 7.05 Å². The van der Waals surface area contributed by atoms with Crippen LogP contribution in [0.1, 0.15) is 49.1 Å². The third-order valence-electron chi connectivity index (χ3n) is 4.24. The monoisotopic (exact) mass is 458 g/mol. The van der Waals surface area contributed by atoms with Gasteiger partial charge < -0.3 is 15.2 Å². The summed E-state index contributed by atoms with van der Waals surface area (Å²) in [6.45, 7) is 4.66. The number of halogens is 2. The molecule has 0 saturated heterocycles. The lowest BCUT2D eigenvalue weighted by molar-refractivity contribution is 0.372. The molecule has 3 rings (SSSR count). The van der Waals surface area contributed by atoms with E-state index in [4.69, 9.17) is 4.52 Å². The Morgan fingerprint density at radius 2 is 2.16 bits per heavy atom. The smallest absolute Gasteiger partial charge is 0.191 e. The van der Waals surface area contributed by atoms with Crippen molar-refractivity contribution in [3.8, 4) is 0 Å². The number of hydrogen-bond donors (Lipinski definition) is 2. The highest BCUT2D eigenvalue weighted by molar-refractivity contribution is 14.0. The van der Waals surface area contributed by atoms with E-state index in [0.29, 0.717) is 18.4 Å². The van der Waals surface area contributed by atoms with Crippen molar-refractivity contribution in [3.63, 3.8) is 0 Å². The molecular formula is C18H24FIN4O. The van der Waals surface area contributed by atoms with Crippen LogP contribution in [0.5, 0.6) is 0 Å². The SMILES string of the molecule is CN=C(NCc1cc(C(C)C)no1)NC1CC1c1ccccc1F.I. The highest BCUT2D eigenvalue weighted by Crippen LogP contribution is 2.41. The van der Waals surface area contributed by atoms with Gasteiger partial charge in [-0.1, -0.05) is 37.2 Å². The van der Waals surface area contributed by atoms with Crippen molar-refractivity contribution >= 4 is 29.9 Å². The first-order valence-electron chi connectivity index (χ1n) is 8.25. The maximum atomic E-state index is 13.8. The molecule has 1 fully saturated rings. The number of aliphatic imine (C=N–C) groups is 1. The van der Waals surface area contributed by atoms with Gasteiger partial charge >= 0.3 is 0 Å². The van der Waals surface area contributed by atoms with Gasteiger partial charge in [-0.05, 0) is 24.0 Å². The lowest BCUT2D eigenvalue weighted by atomic mass is 10.1. The zero-order chi connectivity index (χ0) is 17.1. The van der Waals surface area contributed by atoms with Gasteiger partial charge in [0.2, 0.25) is 0 Å². The maximum Gasteiger partial charge on any atom is 0.191 e. The van der Waals surface area contributed by atoms with Crippen LogP contribution < -0.4 is 10.6 Å². The first kappa shape index (κ1) is 19.7. The molecule has 2 unspecified atom stereocenters. The Labute approximate surface area is 164 Å². The van der Waals surface area contributed by atoms with Crippen LogP contribution in [-0.4, -0.2) is 24.2 Å². The molecule has 0 spiro atoms. The lowest BCUT2D eigenvalue weighted by Crippen LogP contribution is -2.38. The largest absolute Gasteiger partial charge is 0.359 e. The fourth-order valence-electron chi connectivity index (χ4n) is 2.70. The molecule has 1 aromatic heterocycles. The van der Waals surface area contributed by atoms with Crippen LogP contribution in [0.25, 0.3) is 0 Å². The van der Waals surface area contributed by atoms with Crippen LogP contribution in [0.4, 0.5) is 4.39 Å². The predicted octanol–water partition coefficient (Wildman–Crippen LogP) is 3.78. The van der Waals surface area contributed by atoms with Gasteiger partial charge in [0, 0.05) is 25.1 Å². The zero-order valence-electron chi connectivity index (χ0n) is 14.6. The molecule has 25 heavy (non-hydrogen) atoms. The summed E-state index contributed by atoms with van der Waals surface area (Å²) in [4.78, 5) is 4.21. The summed E-state index contributed by atoms with van der Waals surface area (Å²) in [6, 6.07) is 9.09. The molecule has 0 bridgehead atoms. The second-order valence-electron chi connectivity index (χ2n) is 6.41. The van der Waals surface area contributed by atoms with Crippen LogP contribution in [-0.2, 0) is 6.54 Å². The normalized spacial score (nSPS) is 19.5. The van der Waals surface area contributed by atoms with Crippen LogP contribution in [0.3, 0.4) is 0 Å². The van der Waals surface area contributed by atoms with Crippen molar-refractivity contribution < 1.29 is 8.91 Å². The number of aromatic nitrogens is 1. The summed E-state index contributed by atoms with van der Waals surface area (Å²) in [6.07, 6.45) is 0.904. The maximum absolute atomic E-state index is 13.8. The molecule has 0 aliphatic heterocycles. The summed E-state index contributed by atoms with van der Waals surface area (Å²) in [5.74, 6) is 1.84. The van der Waals surface area contributed by atoms with Gasteiger partial charge in [0.1, 0.15) is 5.82 Å². The Hall–Kier alpha value is -1.64. The van der Waals surface area contributed by atoms with E-state index in [1.165, 1.54) is 6.07 Å². The summed E-state index contributed by atoms with van der Waals surface area (Å²) in [5, 5.41) is 10.6. The highest BCUT2D eigenvalue weighted by atomic mass is 127. The average molecular weight is 458 g/mol. The van der Waals surface area contributed by atoms with Gasteiger partial charge in [-0.15, -0.1) is 24.0 Å². The van der Waals surface area contributed by atoms with Gasteiger partial charge in [0.05, 0.1) is 12.2 Å². The van der Waals surface area contributed by atoms with E-state index in [1.54, 1.807) is 13.1 Å². The Bertz CT molecular complexity index is 731. The third-order valence-corrected chi connectivity index (χ3v) is 4.24. The molecule has 5 nitrogen and oxygen atoms in total. The number of rotatable bonds is 5. The Kier molecular flexibility index (Phi) is 6.80. The number of nitrogens with zero attached hydrogens (tertiary/aromatic N) is 2. The van der Waals surface area contributed by atoms with Crippen LogP contribution in [0.15, 0.2) is 39.8 Å². The topological polar surface area (TPSA) is 62.5 Å². The molecule has 1 heterocycles. The summed E-state index contributed by atoms with van der Waals surface area (Å²) >= 11 is 0. The number of nitrogens with one attached hydrogen (secondary N) is 2. The number of hydrogen-bond acceptors (Lipinski definition) is 3. The van der Waals surface area contributed by atoms with Crippen LogP contribution in [0, 0.1) is 5.82 Å². The molecule has 0 amide bonds. The molecule has 1 aliphatic rings. The van der Waals surface area contributed by atoms with E-state index < -0.39 is 0 Å². The molecule has 1 aliphatic carbocycles. The highest BCUT2D eigenvalue weighted by Gasteiger charge is 2.40. The first-order valence-corrected chi connectivity index (χ1v) is 8.25. The van der Waals surface area contributed by atoms with Gasteiger partial charge in [0.15, 0.2) is 11.7 Å². The zero-order valence-corrected chi connectivity index (χ0v) is 17.0. The Morgan fingerprint density at radius 1 is 1.40 bits per heavy atom. The van der Waals surface area contributed by atoms with E-state index in [2.05, 4.69) is 34.6 Å². The first-order chi connectivity index (χ1) is 11.6. The Balaban J connectivity index is 0.00000225. The molecule has 2 N–H and O–H groups in total. The van der Waals surface area contributed by atoms with Crippen LogP contribution in [0.2, 0.25) is 0 Å². The van der Waals surface area contributed by atoms with Gasteiger partial charge in [-0.3, -0.25) is 4.99 Å². The lowest BCUT2D eigenvalue weighted by Gasteiger charge is -2.10. The summed E-state index contributed by atoms with van der Waals surface area (Å²) < 4.78 is 19.1. The van der Waals surface area contributed by atoms with Crippen LogP contribution >= 0.6 is 24.0 Å². The minimum absolute atomic E-state index is 0. The summed E-state index contributed by atoms with van der Waals surface area (Å²) in [7, 11) is 1.72. The molecule has 2 atom stereocenters. The molecule has 136 valence electrons. The van der Waals surface area contributed by atoms with Crippen molar-refractivity contribution in [2.45, 2.75) is 44.7 Å². The van der Waals surface area contributed by atoms with Crippen molar-refractivity contribution in [2.24, 2.45) is 4.99 Å². The van der Waals surface area contributed by atoms with Crippen molar-refractivity contribution in [3.05, 3.63) is 53.2 Å². The van der Waals surface area contributed by atoms with Gasteiger partial charge in [0.25, 0.3) is 0 Å². The van der Waals surface area contributed by atoms with E-state index in [-0.39, 0.29) is 41.8 Å². The summed E-state index contributed by atoms with van der Waals surface area (Å²) in [5.41, 5.74) is 1.71. The minimum Gasteiger partial charge on any atom is -0.359 e. The quantitative estimate of drug-likeness (QED) is 0.407. The molecule has 7 heteroatoms. The standard InChI is InChI=1S/C18H23FN4O.HI/c1-11(2)16-8-12(24-23-16)10-21-18(20-3)22-17-9-14(17)13-6-4-5-7-15(13)19;/h4-8,11,14,17H,9-10H2,1-3H3,(H2,20,21,22);1H.